The molecule has 2 aromatic rings. The molecular weight excluding hydrogens is 293 g/mol. The summed E-state index contributed by atoms with van der Waals surface area (Å²) in [5.41, 5.74) is 1.53. The van der Waals surface area contributed by atoms with E-state index in [1.165, 1.54) is 7.11 Å². The zero-order valence-corrected chi connectivity index (χ0v) is 12.1. The van der Waals surface area contributed by atoms with E-state index in [0.717, 1.165) is 21.0 Å². The number of aromatic nitrogens is 1. The van der Waals surface area contributed by atoms with Gasteiger partial charge in [-0.1, -0.05) is 0 Å². The number of carbonyl (C=O) groups is 1. The summed E-state index contributed by atoms with van der Waals surface area (Å²) < 4.78 is 11.0. The van der Waals surface area contributed by atoms with E-state index in [-0.39, 0.29) is 21.7 Å². The van der Waals surface area contributed by atoms with E-state index in [4.69, 9.17) is 9.26 Å². The number of hydrogen-bond acceptors (Lipinski definition) is 4. The van der Waals surface area contributed by atoms with Crippen LogP contribution in [0.15, 0.2) is 34.9 Å². The Hall–Kier alpha value is -1.54. The first kappa shape index (κ1) is 12.9. The first-order chi connectivity index (χ1) is 8.70. The number of carbonyl (C=O) groups excluding carboxylic acids is 1. The Balaban J connectivity index is 2.11. The number of hydrogen-bond donors (Lipinski definition) is 0. The molecule has 1 heterocycles. The molecule has 1 aromatic carbocycles. The van der Waals surface area contributed by atoms with Gasteiger partial charge in [-0.15, -0.1) is 0 Å². The molecule has 0 N–H and O–H groups in total. The number of methoxy groups -OCH3 is 1. The molecule has 0 aliphatic heterocycles. The monoisotopic (exact) mass is 306 g/mol. The molecule has 0 saturated heterocycles. The van der Waals surface area contributed by atoms with Gasteiger partial charge >= 0.3 is 112 Å². The third kappa shape index (κ3) is 3.02. The fourth-order valence-electron chi connectivity index (χ4n) is 1.55. The molecule has 0 spiro atoms. The van der Waals surface area contributed by atoms with Gasteiger partial charge in [-0.25, -0.2) is 0 Å². The third-order valence-corrected chi connectivity index (χ3v) is 4.91. The molecule has 0 aliphatic rings. The average Bonchev–Trinajstić information content (AvgIpc) is 2.81. The van der Waals surface area contributed by atoms with Crippen molar-refractivity contribution in [3.8, 4) is 0 Å². The van der Waals surface area contributed by atoms with Crippen molar-refractivity contribution in [3.05, 3.63) is 47.3 Å². The standard InChI is InChI=1S/C13H13AsNO3/c1-9-7-10(18-15-9)8-14-12-6-4-3-5-11(12)13(16)17-2/h3-7H,8H2,1-2H3. The van der Waals surface area contributed by atoms with E-state index >= 15 is 0 Å². The number of benzene rings is 1. The summed E-state index contributed by atoms with van der Waals surface area (Å²) in [5.74, 6) is 0.585. The molecule has 0 saturated carbocycles. The molecule has 1 aromatic heterocycles. The van der Waals surface area contributed by atoms with Crippen LogP contribution in [0.25, 0.3) is 0 Å². The van der Waals surface area contributed by atoms with E-state index < -0.39 is 0 Å². The van der Waals surface area contributed by atoms with Crippen molar-refractivity contribution in [2.75, 3.05) is 7.11 Å². The predicted octanol–water partition coefficient (Wildman–Crippen LogP) is 1.30. The summed E-state index contributed by atoms with van der Waals surface area (Å²) in [7, 11) is 1.40. The van der Waals surface area contributed by atoms with Crippen LogP contribution in [0.3, 0.4) is 0 Å². The summed E-state index contributed by atoms with van der Waals surface area (Å²) in [6, 6.07) is 9.47. The summed E-state index contributed by atoms with van der Waals surface area (Å²) in [6.07, 6.45) is 0. The maximum absolute atomic E-state index is 11.6. The van der Waals surface area contributed by atoms with Crippen LogP contribution in [0, 0.1) is 6.92 Å². The van der Waals surface area contributed by atoms with Gasteiger partial charge in [-0.3, -0.25) is 0 Å². The molecule has 0 amide bonds. The molecule has 0 aliphatic carbocycles. The third-order valence-electron chi connectivity index (χ3n) is 2.39. The number of aryl methyl sites for hydroxylation is 1. The Morgan fingerprint density at radius 1 is 1.44 bits per heavy atom. The molecule has 4 nitrogen and oxygen atoms in total. The van der Waals surface area contributed by atoms with Gasteiger partial charge in [0.25, 0.3) is 0 Å². The van der Waals surface area contributed by atoms with E-state index in [9.17, 15) is 4.79 Å². The Kier molecular flexibility index (Phi) is 4.21. The average molecular weight is 306 g/mol. The fraction of sp³-hybridized carbons (Fsp3) is 0.231. The number of rotatable bonds is 4. The van der Waals surface area contributed by atoms with Crippen molar-refractivity contribution in [1.29, 1.82) is 0 Å². The van der Waals surface area contributed by atoms with Crippen molar-refractivity contribution < 1.29 is 14.1 Å². The molecule has 2 rings (SSSR count). The quantitative estimate of drug-likeness (QED) is 0.631. The van der Waals surface area contributed by atoms with Crippen molar-refractivity contribution in [3.63, 3.8) is 0 Å². The van der Waals surface area contributed by atoms with Gasteiger partial charge < -0.3 is 0 Å². The Labute approximate surface area is 112 Å². The second-order valence-corrected chi connectivity index (χ2v) is 6.10. The van der Waals surface area contributed by atoms with Crippen LogP contribution in [0.4, 0.5) is 0 Å². The first-order valence-electron chi connectivity index (χ1n) is 5.47. The van der Waals surface area contributed by atoms with Gasteiger partial charge in [0.1, 0.15) is 0 Å². The fourth-order valence-corrected chi connectivity index (χ4v) is 3.65. The van der Waals surface area contributed by atoms with E-state index in [1.807, 2.05) is 31.2 Å². The van der Waals surface area contributed by atoms with E-state index in [0.29, 0.717) is 5.56 Å². The van der Waals surface area contributed by atoms with Gasteiger partial charge in [0, 0.05) is 0 Å². The summed E-state index contributed by atoms with van der Waals surface area (Å²) in [6.45, 7) is 1.89. The summed E-state index contributed by atoms with van der Waals surface area (Å²) in [4.78, 5) is 11.6. The molecule has 93 valence electrons. The maximum atomic E-state index is 11.6. The van der Waals surface area contributed by atoms with Gasteiger partial charge in [-0.05, 0) is 0 Å². The molecule has 0 unspecified atom stereocenters. The zero-order chi connectivity index (χ0) is 13.0. The van der Waals surface area contributed by atoms with E-state index in [1.54, 1.807) is 6.07 Å². The molecule has 18 heavy (non-hydrogen) atoms. The topological polar surface area (TPSA) is 52.3 Å². The van der Waals surface area contributed by atoms with Gasteiger partial charge in [0.15, 0.2) is 0 Å². The normalized spacial score (nSPS) is 11.0. The van der Waals surface area contributed by atoms with Gasteiger partial charge in [-0.2, -0.15) is 0 Å². The number of nitrogens with zero attached hydrogens (tertiary/aromatic N) is 1. The predicted molar refractivity (Wildman–Crippen MR) is 68.1 cm³/mol. The second-order valence-electron chi connectivity index (χ2n) is 3.76. The van der Waals surface area contributed by atoms with E-state index in [2.05, 4.69) is 5.16 Å². The molecular formula is C13H13AsNO3. The minimum absolute atomic E-state index is 0.178. The van der Waals surface area contributed by atoms with Crippen LogP contribution < -0.4 is 4.35 Å². The van der Waals surface area contributed by atoms with Crippen LogP contribution in [-0.2, 0) is 9.95 Å². The van der Waals surface area contributed by atoms with Gasteiger partial charge in [0.05, 0.1) is 0 Å². The molecule has 0 bridgehead atoms. The van der Waals surface area contributed by atoms with Crippen molar-refractivity contribution in [2.45, 2.75) is 12.1 Å². The number of esters is 1. The van der Waals surface area contributed by atoms with Crippen LogP contribution >= 0.6 is 0 Å². The van der Waals surface area contributed by atoms with Crippen LogP contribution in [0.2, 0.25) is 0 Å². The molecule has 1 radical (unpaired) electrons. The van der Waals surface area contributed by atoms with Crippen LogP contribution in [0.1, 0.15) is 21.8 Å². The van der Waals surface area contributed by atoms with Crippen molar-refractivity contribution in [1.82, 2.24) is 5.16 Å². The number of ether oxygens (including phenoxy) is 1. The van der Waals surface area contributed by atoms with Crippen molar-refractivity contribution >= 4 is 26.1 Å². The first-order valence-corrected chi connectivity index (χ1v) is 7.74. The Bertz CT molecular complexity index is 551. The second kappa shape index (κ2) is 5.87. The van der Waals surface area contributed by atoms with Crippen LogP contribution in [0.5, 0.6) is 0 Å². The Morgan fingerprint density at radius 3 is 2.89 bits per heavy atom. The molecule has 0 fully saturated rings. The molecule has 5 heteroatoms. The zero-order valence-electron chi connectivity index (χ0n) is 10.2. The SMILES string of the molecule is COC(=O)c1ccccc1[As]Cc1cc(C)no1. The van der Waals surface area contributed by atoms with Crippen LogP contribution in [-0.4, -0.2) is 34.0 Å². The summed E-state index contributed by atoms with van der Waals surface area (Å²) >= 11 is -0.178. The Morgan fingerprint density at radius 2 is 2.22 bits per heavy atom. The van der Waals surface area contributed by atoms with Crippen molar-refractivity contribution in [2.24, 2.45) is 0 Å². The summed E-state index contributed by atoms with van der Waals surface area (Å²) in [5, 5.41) is 4.66. The minimum atomic E-state index is -0.283. The molecule has 0 atom stereocenters. The van der Waals surface area contributed by atoms with Gasteiger partial charge in [0.2, 0.25) is 0 Å².